The zero-order valence-electron chi connectivity index (χ0n) is 11.8. The van der Waals surface area contributed by atoms with Crippen molar-refractivity contribution in [3.05, 3.63) is 69.2 Å². The highest BCUT2D eigenvalue weighted by molar-refractivity contribution is 6.31. The Labute approximate surface area is 130 Å². The number of hydrogen-bond acceptors (Lipinski definition) is 1. The molecule has 0 heterocycles. The van der Waals surface area contributed by atoms with E-state index >= 15 is 0 Å². The Morgan fingerprint density at radius 2 is 1.90 bits per heavy atom. The van der Waals surface area contributed by atoms with Crippen LogP contribution in [0.4, 0.5) is 0 Å². The highest BCUT2D eigenvalue weighted by Crippen LogP contribution is 2.27. The second-order valence-corrected chi connectivity index (χ2v) is 5.81. The first-order chi connectivity index (χ1) is 9.60. The van der Waals surface area contributed by atoms with Crippen LogP contribution in [0.15, 0.2) is 42.5 Å². The molecule has 0 saturated heterocycles. The molecular formula is C17H19Cl2N. The monoisotopic (exact) mass is 307 g/mol. The molecule has 0 saturated carbocycles. The minimum Gasteiger partial charge on any atom is -0.310 e. The van der Waals surface area contributed by atoms with Gasteiger partial charge >= 0.3 is 0 Å². The number of hydrogen-bond donors (Lipinski definition) is 1. The van der Waals surface area contributed by atoms with Crippen molar-refractivity contribution in [1.82, 2.24) is 5.32 Å². The standard InChI is InChI=1S/C17H19Cl2N/c1-3-20-17(11-13-5-4-6-14(18)10-13)15-8-7-12(2)9-16(15)19/h4-10,17,20H,3,11H2,1-2H3. The molecule has 1 N–H and O–H groups in total. The fourth-order valence-electron chi connectivity index (χ4n) is 2.35. The van der Waals surface area contributed by atoms with Crippen molar-refractivity contribution >= 4 is 23.2 Å². The normalized spacial score (nSPS) is 12.4. The van der Waals surface area contributed by atoms with Crippen LogP contribution in [0, 0.1) is 6.92 Å². The Kier molecular flexibility index (Phi) is 5.47. The molecule has 2 aromatic carbocycles. The maximum Gasteiger partial charge on any atom is 0.0456 e. The van der Waals surface area contributed by atoms with Gasteiger partial charge in [-0.15, -0.1) is 0 Å². The third-order valence-corrected chi connectivity index (χ3v) is 3.87. The number of benzene rings is 2. The van der Waals surface area contributed by atoms with E-state index in [0.717, 1.165) is 28.6 Å². The molecular weight excluding hydrogens is 289 g/mol. The summed E-state index contributed by atoms with van der Waals surface area (Å²) in [5.41, 5.74) is 3.52. The van der Waals surface area contributed by atoms with Gasteiger partial charge in [0.1, 0.15) is 0 Å². The molecule has 1 atom stereocenters. The maximum absolute atomic E-state index is 6.39. The van der Waals surface area contributed by atoms with Crippen LogP contribution < -0.4 is 5.32 Å². The second kappa shape index (κ2) is 7.12. The number of halogens is 2. The van der Waals surface area contributed by atoms with Crippen molar-refractivity contribution in [2.75, 3.05) is 6.54 Å². The molecule has 2 aromatic rings. The SMILES string of the molecule is CCNC(Cc1cccc(Cl)c1)c1ccc(C)cc1Cl. The molecule has 0 fully saturated rings. The van der Waals surface area contributed by atoms with E-state index in [4.69, 9.17) is 23.2 Å². The van der Waals surface area contributed by atoms with Crippen LogP contribution in [0.5, 0.6) is 0 Å². The van der Waals surface area contributed by atoms with Gasteiger partial charge in [-0.1, -0.05) is 54.4 Å². The Hall–Kier alpha value is -1.02. The molecule has 20 heavy (non-hydrogen) atoms. The Morgan fingerprint density at radius 1 is 1.10 bits per heavy atom. The molecule has 0 aliphatic heterocycles. The summed E-state index contributed by atoms with van der Waals surface area (Å²) in [4.78, 5) is 0. The average molecular weight is 308 g/mol. The lowest BCUT2D eigenvalue weighted by molar-refractivity contribution is 0.550. The van der Waals surface area contributed by atoms with Gasteiger partial charge in [-0.3, -0.25) is 0 Å². The first-order valence-corrected chi connectivity index (χ1v) is 7.59. The van der Waals surface area contributed by atoms with E-state index in [1.165, 1.54) is 11.1 Å². The summed E-state index contributed by atoms with van der Waals surface area (Å²) in [5, 5.41) is 5.09. The number of nitrogens with one attached hydrogen (secondary N) is 1. The van der Waals surface area contributed by atoms with Crippen molar-refractivity contribution in [2.24, 2.45) is 0 Å². The topological polar surface area (TPSA) is 12.0 Å². The first-order valence-electron chi connectivity index (χ1n) is 6.84. The molecule has 0 amide bonds. The summed E-state index contributed by atoms with van der Waals surface area (Å²) < 4.78 is 0. The van der Waals surface area contributed by atoms with E-state index in [0.29, 0.717) is 0 Å². The minimum absolute atomic E-state index is 0.201. The largest absolute Gasteiger partial charge is 0.310 e. The van der Waals surface area contributed by atoms with Crippen LogP contribution in [0.25, 0.3) is 0 Å². The molecule has 0 aliphatic carbocycles. The summed E-state index contributed by atoms with van der Waals surface area (Å²) in [6, 6.07) is 14.4. The fraction of sp³-hybridized carbons (Fsp3) is 0.294. The summed E-state index contributed by atoms with van der Waals surface area (Å²) >= 11 is 12.4. The first kappa shape index (κ1) is 15.4. The van der Waals surface area contributed by atoms with Gasteiger partial charge < -0.3 is 5.32 Å². The molecule has 3 heteroatoms. The van der Waals surface area contributed by atoms with E-state index in [2.05, 4.69) is 37.4 Å². The molecule has 1 unspecified atom stereocenters. The van der Waals surface area contributed by atoms with Gasteiger partial charge in [0.2, 0.25) is 0 Å². The molecule has 0 spiro atoms. The Bertz CT molecular complexity index is 581. The maximum atomic E-state index is 6.39. The highest BCUT2D eigenvalue weighted by atomic mass is 35.5. The lowest BCUT2D eigenvalue weighted by Crippen LogP contribution is -2.23. The number of rotatable bonds is 5. The average Bonchev–Trinajstić information content (AvgIpc) is 2.38. The number of likely N-dealkylation sites (N-methyl/N-ethyl adjacent to an activating group) is 1. The number of aryl methyl sites for hydroxylation is 1. The van der Waals surface area contributed by atoms with E-state index in [1.807, 2.05) is 24.3 Å². The Balaban J connectivity index is 2.26. The summed E-state index contributed by atoms with van der Waals surface area (Å²) in [5.74, 6) is 0. The molecule has 0 aliphatic rings. The molecule has 0 radical (unpaired) electrons. The van der Waals surface area contributed by atoms with Gasteiger partial charge in [-0.05, 0) is 54.8 Å². The zero-order valence-corrected chi connectivity index (χ0v) is 13.3. The van der Waals surface area contributed by atoms with Crippen molar-refractivity contribution < 1.29 is 0 Å². The summed E-state index contributed by atoms with van der Waals surface area (Å²) in [6.45, 7) is 5.05. The van der Waals surface area contributed by atoms with Crippen LogP contribution in [-0.2, 0) is 6.42 Å². The van der Waals surface area contributed by atoms with Gasteiger partial charge in [-0.2, -0.15) is 0 Å². The van der Waals surface area contributed by atoms with E-state index in [1.54, 1.807) is 0 Å². The molecule has 0 bridgehead atoms. The molecule has 106 valence electrons. The third-order valence-electron chi connectivity index (χ3n) is 3.31. The van der Waals surface area contributed by atoms with E-state index < -0.39 is 0 Å². The predicted molar refractivity (Wildman–Crippen MR) is 87.8 cm³/mol. The van der Waals surface area contributed by atoms with Crippen molar-refractivity contribution in [2.45, 2.75) is 26.3 Å². The van der Waals surface area contributed by atoms with Crippen molar-refractivity contribution in [3.63, 3.8) is 0 Å². The van der Waals surface area contributed by atoms with Crippen molar-refractivity contribution in [1.29, 1.82) is 0 Å². The molecule has 1 nitrogen and oxygen atoms in total. The smallest absolute Gasteiger partial charge is 0.0456 e. The van der Waals surface area contributed by atoms with Crippen LogP contribution in [0.3, 0.4) is 0 Å². The van der Waals surface area contributed by atoms with Gasteiger partial charge in [0.25, 0.3) is 0 Å². The van der Waals surface area contributed by atoms with Gasteiger partial charge in [0.05, 0.1) is 0 Å². The highest BCUT2D eigenvalue weighted by Gasteiger charge is 2.14. The van der Waals surface area contributed by atoms with Crippen molar-refractivity contribution in [3.8, 4) is 0 Å². The minimum atomic E-state index is 0.201. The Morgan fingerprint density at radius 3 is 2.55 bits per heavy atom. The van der Waals surface area contributed by atoms with Gasteiger partial charge in [0, 0.05) is 16.1 Å². The van der Waals surface area contributed by atoms with Crippen LogP contribution in [0.2, 0.25) is 10.0 Å². The quantitative estimate of drug-likeness (QED) is 0.801. The molecule has 0 aromatic heterocycles. The van der Waals surface area contributed by atoms with Crippen LogP contribution >= 0.6 is 23.2 Å². The summed E-state index contributed by atoms with van der Waals surface area (Å²) in [6.07, 6.45) is 0.872. The third kappa shape index (κ3) is 3.99. The van der Waals surface area contributed by atoms with Crippen LogP contribution in [-0.4, -0.2) is 6.54 Å². The zero-order chi connectivity index (χ0) is 14.5. The van der Waals surface area contributed by atoms with E-state index in [-0.39, 0.29) is 6.04 Å². The molecule has 2 rings (SSSR count). The predicted octanol–water partition coefficient (Wildman–Crippen LogP) is 5.20. The van der Waals surface area contributed by atoms with Gasteiger partial charge in [-0.25, -0.2) is 0 Å². The van der Waals surface area contributed by atoms with E-state index in [9.17, 15) is 0 Å². The lowest BCUT2D eigenvalue weighted by atomic mass is 9.98. The van der Waals surface area contributed by atoms with Gasteiger partial charge in [0.15, 0.2) is 0 Å². The fourth-order valence-corrected chi connectivity index (χ4v) is 2.93. The lowest BCUT2D eigenvalue weighted by Gasteiger charge is -2.20. The summed E-state index contributed by atoms with van der Waals surface area (Å²) in [7, 11) is 0. The van der Waals surface area contributed by atoms with Crippen LogP contribution in [0.1, 0.15) is 29.7 Å². The second-order valence-electron chi connectivity index (χ2n) is 4.97.